The van der Waals surface area contributed by atoms with Crippen LogP contribution >= 0.6 is 0 Å². The van der Waals surface area contributed by atoms with E-state index >= 15 is 0 Å². The minimum atomic E-state index is -0.197. The molecule has 9 heteroatoms. The first-order valence-electron chi connectivity index (χ1n) is 9.37. The van der Waals surface area contributed by atoms with E-state index in [2.05, 4.69) is 15.6 Å². The minimum Gasteiger partial charge on any atom is -0.493 e. The van der Waals surface area contributed by atoms with Gasteiger partial charge in [-0.3, -0.25) is 14.5 Å². The molecule has 0 saturated heterocycles. The van der Waals surface area contributed by atoms with Gasteiger partial charge in [0.05, 0.1) is 27.9 Å². The number of likely N-dealkylation sites (N-methyl/N-ethyl adjacent to an activating group) is 1. The molecule has 2 N–H and O–H groups in total. The maximum absolute atomic E-state index is 12.3. The summed E-state index contributed by atoms with van der Waals surface area (Å²) in [4.78, 5) is 30.3. The highest BCUT2D eigenvalue weighted by molar-refractivity contribution is 5.92. The van der Waals surface area contributed by atoms with Crippen LogP contribution in [0.25, 0.3) is 0 Å². The zero-order valence-corrected chi connectivity index (χ0v) is 17.9. The summed E-state index contributed by atoms with van der Waals surface area (Å²) >= 11 is 0. The Bertz CT molecular complexity index is 845. The summed E-state index contributed by atoms with van der Waals surface area (Å²) < 4.78 is 15.8. The third-order valence-electron chi connectivity index (χ3n) is 4.26. The van der Waals surface area contributed by atoms with Gasteiger partial charge in [0.2, 0.25) is 17.6 Å². The first kappa shape index (κ1) is 23.0. The molecule has 1 aromatic carbocycles. The zero-order chi connectivity index (χ0) is 22.1. The van der Waals surface area contributed by atoms with Crippen molar-refractivity contribution in [1.29, 1.82) is 0 Å². The lowest BCUT2D eigenvalue weighted by molar-refractivity contribution is -0.119. The molecule has 0 saturated carbocycles. The lowest BCUT2D eigenvalue weighted by atomic mass is 10.2. The van der Waals surface area contributed by atoms with Crippen molar-refractivity contribution >= 4 is 23.3 Å². The second-order valence-electron chi connectivity index (χ2n) is 6.72. The number of hydrogen-bond donors (Lipinski definition) is 2. The number of amides is 2. The lowest BCUT2D eigenvalue weighted by Gasteiger charge is -2.17. The highest BCUT2D eigenvalue weighted by Gasteiger charge is 2.15. The number of carbonyl (C=O) groups excluding carboxylic acids is 2. The van der Waals surface area contributed by atoms with E-state index < -0.39 is 0 Å². The Morgan fingerprint density at radius 1 is 1.00 bits per heavy atom. The van der Waals surface area contributed by atoms with Crippen molar-refractivity contribution in [2.45, 2.75) is 13.3 Å². The smallest absolute Gasteiger partial charge is 0.239 e. The van der Waals surface area contributed by atoms with Gasteiger partial charge in [-0.2, -0.15) is 0 Å². The normalized spacial score (nSPS) is 10.5. The average Bonchev–Trinajstić information content (AvgIpc) is 2.73. The number of methoxy groups -OCH3 is 3. The van der Waals surface area contributed by atoms with Crippen LogP contribution in [0.2, 0.25) is 0 Å². The maximum Gasteiger partial charge on any atom is 0.239 e. The van der Waals surface area contributed by atoms with E-state index in [9.17, 15) is 9.59 Å². The summed E-state index contributed by atoms with van der Waals surface area (Å²) in [6.07, 6.45) is 1.90. The fraction of sp³-hybridized carbons (Fsp3) is 0.381. The van der Waals surface area contributed by atoms with Crippen LogP contribution in [-0.2, 0) is 9.59 Å². The molecule has 30 heavy (non-hydrogen) atoms. The summed E-state index contributed by atoms with van der Waals surface area (Å²) in [5, 5.41) is 5.54. The van der Waals surface area contributed by atoms with Crippen LogP contribution in [0.3, 0.4) is 0 Å². The van der Waals surface area contributed by atoms with Gasteiger partial charge in [0.1, 0.15) is 5.82 Å². The Morgan fingerprint density at radius 3 is 2.20 bits per heavy atom. The summed E-state index contributed by atoms with van der Waals surface area (Å²) in [6.45, 7) is 2.48. The molecule has 9 nitrogen and oxygen atoms in total. The fourth-order valence-corrected chi connectivity index (χ4v) is 2.72. The highest BCUT2D eigenvalue weighted by Crippen LogP contribution is 2.39. The minimum absolute atomic E-state index is 0.146. The van der Waals surface area contributed by atoms with E-state index in [1.165, 1.54) is 21.3 Å². The predicted octanol–water partition coefficient (Wildman–Crippen LogP) is 2.31. The van der Waals surface area contributed by atoms with Gasteiger partial charge in [0.15, 0.2) is 11.5 Å². The van der Waals surface area contributed by atoms with E-state index in [-0.39, 0.29) is 24.8 Å². The molecule has 162 valence electrons. The van der Waals surface area contributed by atoms with Crippen LogP contribution in [-0.4, -0.2) is 63.2 Å². The van der Waals surface area contributed by atoms with E-state index in [1.54, 1.807) is 36.3 Å². The summed E-state index contributed by atoms with van der Waals surface area (Å²) in [7, 11) is 6.30. The average molecular weight is 416 g/mol. The van der Waals surface area contributed by atoms with Gasteiger partial charge in [-0.05, 0) is 25.6 Å². The van der Waals surface area contributed by atoms with Crippen molar-refractivity contribution in [2.24, 2.45) is 0 Å². The van der Waals surface area contributed by atoms with E-state index in [4.69, 9.17) is 14.2 Å². The van der Waals surface area contributed by atoms with Crippen molar-refractivity contribution in [2.75, 3.05) is 52.1 Å². The van der Waals surface area contributed by atoms with Crippen molar-refractivity contribution in [3.05, 3.63) is 36.0 Å². The topological polar surface area (TPSA) is 102 Å². The number of aromatic nitrogens is 1. The van der Waals surface area contributed by atoms with Crippen LogP contribution in [0.15, 0.2) is 30.5 Å². The number of pyridine rings is 1. The van der Waals surface area contributed by atoms with Crippen molar-refractivity contribution < 1.29 is 23.8 Å². The summed E-state index contributed by atoms with van der Waals surface area (Å²) in [5.74, 6) is 1.46. The number of benzene rings is 1. The Labute approximate surface area is 176 Å². The summed E-state index contributed by atoms with van der Waals surface area (Å²) in [5.41, 5.74) is 1.54. The quantitative estimate of drug-likeness (QED) is 0.613. The molecule has 2 aromatic rings. The van der Waals surface area contributed by atoms with Crippen LogP contribution in [0.5, 0.6) is 17.2 Å². The van der Waals surface area contributed by atoms with Gasteiger partial charge in [-0.15, -0.1) is 0 Å². The molecular weight excluding hydrogens is 388 g/mol. The molecule has 0 unspecified atom stereocenters. The third-order valence-corrected chi connectivity index (χ3v) is 4.26. The van der Waals surface area contributed by atoms with Crippen LogP contribution < -0.4 is 24.8 Å². The molecule has 2 amide bonds. The van der Waals surface area contributed by atoms with Crippen molar-refractivity contribution in [1.82, 2.24) is 9.88 Å². The second kappa shape index (κ2) is 11.0. The molecule has 1 heterocycles. The maximum atomic E-state index is 12.3. The third kappa shape index (κ3) is 6.63. The van der Waals surface area contributed by atoms with Crippen molar-refractivity contribution in [3.8, 4) is 17.2 Å². The van der Waals surface area contributed by atoms with Gasteiger partial charge in [0.25, 0.3) is 0 Å². The number of rotatable bonds is 10. The molecule has 1 aromatic heterocycles. The first-order valence-corrected chi connectivity index (χ1v) is 9.37. The number of aryl methyl sites for hydroxylation is 1. The molecule has 0 fully saturated rings. The van der Waals surface area contributed by atoms with E-state index in [0.29, 0.717) is 35.3 Å². The van der Waals surface area contributed by atoms with E-state index in [1.807, 2.05) is 13.0 Å². The number of ether oxygens (including phenoxy) is 3. The van der Waals surface area contributed by atoms with Gasteiger partial charge in [-0.25, -0.2) is 4.98 Å². The number of nitrogens with zero attached hydrogens (tertiary/aromatic N) is 2. The number of carbonyl (C=O) groups is 2. The Morgan fingerprint density at radius 2 is 1.67 bits per heavy atom. The molecule has 2 rings (SSSR count). The second-order valence-corrected chi connectivity index (χ2v) is 6.72. The molecule has 0 aliphatic carbocycles. The fourth-order valence-electron chi connectivity index (χ4n) is 2.72. The molecular formula is C21H28N4O5. The largest absolute Gasteiger partial charge is 0.493 e. The molecule has 0 radical (unpaired) electrons. The van der Waals surface area contributed by atoms with Gasteiger partial charge >= 0.3 is 0 Å². The molecule has 0 aliphatic heterocycles. The number of hydrogen-bond acceptors (Lipinski definition) is 7. The number of nitrogens with one attached hydrogen (secondary N) is 2. The SMILES string of the molecule is COc1cc(NC(=O)CCN(C)CC(=O)Nc2ccc(C)cn2)cc(OC)c1OC. The summed E-state index contributed by atoms with van der Waals surface area (Å²) in [6, 6.07) is 6.94. The van der Waals surface area contributed by atoms with Gasteiger partial charge in [0, 0.05) is 37.0 Å². The Kier molecular flexibility index (Phi) is 8.42. The van der Waals surface area contributed by atoms with Crippen molar-refractivity contribution in [3.63, 3.8) is 0 Å². The van der Waals surface area contributed by atoms with Gasteiger partial charge < -0.3 is 24.8 Å². The van der Waals surface area contributed by atoms with E-state index in [0.717, 1.165) is 5.56 Å². The van der Waals surface area contributed by atoms with Crippen LogP contribution in [0.4, 0.5) is 11.5 Å². The monoisotopic (exact) mass is 416 g/mol. The lowest BCUT2D eigenvalue weighted by Crippen LogP contribution is -2.32. The zero-order valence-electron chi connectivity index (χ0n) is 17.9. The van der Waals surface area contributed by atoms with Crippen LogP contribution in [0, 0.1) is 6.92 Å². The Hall–Kier alpha value is -3.33. The standard InChI is InChI=1S/C21H28N4O5/c1-14-6-7-18(22-12-14)24-20(27)13-25(2)9-8-19(26)23-15-10-16(28-3)21(30-5)17(11-15)29-4/h6-7,10-12H,8-9,13H2,1-5H3,(H,23,26)(H,22,24,27). The van der Waals surface area contributed by atoms with Crippen LogP contribution in [0.1, 0.15) is 12.0 Å². The molecule has 0 aliphatic rings. The molecule has 0 bridgehead atoms. The number of anilines is 2. The predicted molar refractivity (Wildman–Crippen MR) is 114 cm³/mol. The Balaban J connectivity index is 1.85. The first-order chi connectivity index (χ1) is 14.4. The molecule has 0 atom stereocenters. The molecule has 0 spiro atoms. The van der Waals surface area contributed by atoms with Gasteiger partial charge in [-0.1, -0.05) is 6.07 Å². The highest BCUT2D eigenvalue weighted by atomic mass is 16.5.